The third-order valence-corrected chi connectivity index (χ3v) is 3.26. The Morgan fingerprint density at radius 1 is 1.69 bits per heavy atom. The molecule has 0 saturated carbocycles. The maximum Gasteiger partial charge on any atom is 0.225 e. The van der Waals surface area contributed by atoms with Gasteiger partial charge in [0.2, 0.25) is 5.91 Å². The topological polar surface area (TPSA) is 61.0 Å². The quantitative estimate of drug-likeness (QED) is 0.766. The number of aromatic amines is 1. The van der Waals surface area contributed by atoms with Gasteiger partial charge in [-0.2, -0.15) is 5.10 Å². The molecular formula is C11H18N4O. The molecule has 0 radical (unpaired) electrons. The number of carbonyl (C=O) groups excluding carboxylic acids is 1. The Kier molecular flexibility index (Phi) is 3.24. The lowest BCUT2D eigenvalue weighted by Crippen LogP contribution is -2.49. The highest BCUT2D eigenvalue weighted by Crippen LogP contribution is 2.18. The van der Waals surface area contributed by atoms with E-state index in [1.807, 2.05) is 20.2 Å². The number of hydrogen-bond donors (Lipinski definition) is 2. The number of rotatable bonds is 4. The molecule has 1 atom stereocenters. The van der Waals surface area contributed by atoms with E-state index < -0.39 is 0 Å². The fraction of sp³-hybridized carbons (Fsp3) is 0.636. The van der Waals surface area contributed by atoms with Gasteiger partial charge in [-0.25, -0.2) is 0 Å². The van der Waals surface area contributed by atoms with Crippen LogP contribution in [0.15, 0.2) is 12.4 Å². The predicted molar refractivity (Wildman–Crippen MR) is 60.6 cm³/mol. The van der Waals surface area contributed by atoms with Gasteiger partial charge in [0.1, 0.15) is 0 Å². The van der Waals surface area contributed by atoms with Gasteiger partial charge in [0.05, 0.1) is 6.20 Å². The monoisotopic (exact) mass is 222 g/mol. The Labute approximate surface area is 95.2 Å². The lowest BCUT2D eigenvalue weighted by atomic mass is 9.88. The fourth-order valence-electron chi connectivity index (χ4n) is 1.93. The van der Waals surface area contributed by atoms with Gasteiger partial charge in [-0.1, -0.05) is 6.92 Å². The first-order chi connectivity index (χ1) is 7.68. The number of H-pyrrole nitrogens is 1. The molecule has 1 aliphatic rings. The SMILES string of the molecule is CC(C(=O)N(C)Cc1cn[nH]c1)C1CNC1. The lowest BCUT2D eigenvalue weighted by molar-refractivity contribution is -0.136. The summed E-state index contributed by atoms with van der Waals surface area (Å²) in [5.41, 5.74) is 1.04. The molecule has 0 spiro atoms. The Morgan fingerprint density at radius 3 is 2.94 bits per heavy atom. The van der Waals surface area contributed by atoms with Crippen molar-refractivity contribution in [2.45, 2.75) is 13.5 Å². The van der Waals surface area contributed by atoms with Gasteiger partial charge in [-0.15, -0.1) is 0 Å². The van der Waals surface area contributed by atoms with Crippen LogP contribution >= 0.6 is 0 Å². The minimum Gasteiger partial charge on any atom is -0.341 e. The molecule has 5 nitrogen and oxygen atoms in total. The summed E-state index contributed by atoms with van der Waals surface area (Å²) in [4.78, 5) is 13.8. The van der Waals surface area contributed by atoms with Crippen molar-refractivity contribution in [3.63, 3.8) is 0 Å². The Hall–Kier alpha value is -1.36. The highest BCUT2D eigenvalue weighted by atomic mass is 16.2. The highest BCUT2D eigenvalue weighted by molar-refractivity contribution is 5.78. The zero-order chi connectivity index (χ0) is 11.5. The number of aromatic nitrogens is 2. The maximum absolute atomic E-state index is 12.1. The van der Waals surface area contributed by atoms with Crippen LogP contribution in [0, 0.1) is 11.8 Å². The third kappa shape index (κ3) is 2.24. The van der Waals surface area contributed by atoms with E-state index >= 15 is 0 Å². The third-order valence-electron chi connectivity index (χ3n) is 3.26. The molecule has 2 heterocycles. The van der Waals surface area contributed by atoms with E-state index in [0.29, 0.717) is 12.5 Å². The number of hydrogen-bond acceptors (Lipinski definition) is 3. The largest absolute Gasteiger partial charge is 0.341 e. The number of amides is 1. The molecule has 1 aliphatic heterocycles. The summed E-state index contributed by atoms with van der Waals surface area (Å²) < 4.78 is 0. The summed E-state index contributed by atoms with van der Waals surface area (Å²) in [5.74, 6) is 0.824. The maximum atomic E-state index is 12.1. The standard InChI is InChI=1S/C11H18N4O/c1-8(10-5-12-6-10)11(16)15(2)7-9-3-13-14-4-9/h3-4,8,10,12H,5-7H2,1-2H3,(H,13,14). The van der Waals surface area contributed by atoms with Crippen LogP contribution in [0.2, 0.25) is 0 Å². The molecular weight excluding hydrogens is 204 g/mol. The van der Waals surface area contributed by atoms with E-state index in [0.717, 1.165) is 18.7 Å². The minimum absolute atomic E-state index is 0.109. The van der Waals surface area contributed by atoms with Crippen LogP contribution in [-0.2, 0) is 11.3 Å². The molecule has 0 aromatic carbocycles. The Morgan fingerprint density at radius 2 is 2.44 bits per heavy atom. The summed E-state index contributed by atoms with van der Waals surface area (Å²) in [7, 11) is 1.85. The molecule has 0 aliphatic carbocycles. The van der Waals surface area contributed by atoms with Crippen molar-refractivity contribution in [3.8, 4) is 0 Å². The van der Waals surface area contributed by atoms with Crippen LogP contribution in [0.5, 0.6) is 0 Å². The molecule has 1 aromatic rings. The van der Waals surface area contributed by atoms with Crippen molar-refractivity contribution in [2.24, 2.45) is 11.8 Å². The molecule has 2 N–H and O–H groups in total. The average molecular weight is 222 g/mol. The molecule has 16 heavy (non-hydrogen) atoms. The van der Waals surface area contributed by atoms with Crippen LogP contribution in [0.3, 0.4) is 0 Å². The van der Waals surface area contributed by atoms with Crippen LogP contribution in [0.1, 0.15) is 12.5 Å². The molecule has 5 heteroatoms. The van der Waals surface area contributed by atoms with Gasteiger partial charge >= 0.3 is 0 Å². The van der Waals surface area contributed by atoms with E-state index in [1.165, 1.54) is 0 Å². The molecule has 0 bridgehead atoms. The molecule has 88 valence electrons. The van der Waals surface area contributed by atoms with Gasteiger partial charge in [0, 0.05) is 31.3 Å². The molecule has 1 aromatic heterocycles. The van der Waals surface area contributed by atoms with Crippen molar-refractivity contribution in [1.29, 1.82) is 0 Å². The van der Waals surface area contributed by atoms with Gasteiger partial charge in [0.25, 0.3) is 0 Å². The van der Waals surface area contributed by atoms with Crippen molar-refractivity contribution in [1.82, 2.24) is 20.4 Å². The van der Waals surface area contributed by atoms with E-state index in [-0.39, 0.29) is 11.8 Å². The number of nitrogens with one attached hydrogen (secondary N) is 2. The predicted octanol–water partition coefficient (Wildman–Crippen LogP) is 0.224. The minimum atomic E-state index is 0.109. The normalized spacial score (nSPS) is 17.9. The van der Waals surface area contributed by atoms with E-state index in [9.17, 15) is 4.79 Å². The Balaban J connectivity index is 1.88. The first kappa shape index (κ1) is 11.1. The number of nitrogens with zero attached hydrogens (tertiary/aromatic N) is 2. The van der Waals surface area contributed by atoms with Crippen molar-refractivity contribution in [2.75, 3.05) is 20.1 Å². The average Bonchev–Trinajstić information content (AvgIpc) is 2.66. The van der Waals surface area contributed by atoms with Gasteiger partial charge in [-0.3, -0.25) is 9.89 Å². The Bertz CT molecular complexity index is 345. The van der Waals surface area contributed by atoms with Gasteiger partial charge in [-0.05, 0) is 19.0 Å². The van der Waals surface area contributed by atoms with Crippen LogP contribution in [-0.4, -0.2) is 41.1 Å². The smallest absolute Gasteiger partial charge is 0.225 e. The summed E-state index contributed by atoms with van der Waals surface area (Å²) in [5, 5.41) is 9.82. The van der Waals surface area contributed by atoms with Crippen LogP contribution < -0.4 is 5.32 Å². The van der Waals surface area contributed by atoms with E-state index in [1.54, 1.807) is 11.1 Å². The molecule has 1 amide bonds. The van der Waals surface area contributed by atoms with Crippen LogP contribution in [0.25, 0.3) is 0 Å². The number of carbonyl (C=O) groups is 1. The van der Waals surface area contributed by atoms with E-state index in [2.05, 4.69) is 15.5 Å². The summed E-state index contributed by atoms with van der Waals surface area (Å²) in [6.07, 6.45) is 3.57. The van der Waals surface area contributed by atoms with Crippen molar-refractivity contribution >= 4 is 5.91 Å². The van der Waals surface area contributed by atoms with Gasteiger partial charge < -0.3 is 10.2 Å². The zero-order valence-electron chi connectivity index (χ0n) is 9.73. The lowest BCUT2D eigenvalue weighted by Gasteiger charge is -2.33. The fourth-order valence-corrected chi connectivity index (χ4v) is 1.93. The second-order valence-electron chi connectivity index (χ2n) is 4.51. The van der Waals surface area contributed by atoms with Crippen molar-refractivity contribution < 1.29 is 4.79 Å². The zero-order valence-corrected chi connectivity index (χ0v) is 9.73. The van der Waals surface area contributed by atoms with Crippen molar-refractivity contribution in [3.05, 3.63) is 18.0 Å². The van der Waals surface area contributed by atoms with Crippen LogP contribution in [0.4, 0.5) is 0 Å². The molecule has 2 rings (SSSR count). The first-order valence-electron chi connectivity index (χ1n) is 5.62. The second-order valence-corrected chi connectivity index (χ2v) is 4.51. The summed E-state index contributed by atoms with van der Waals surface area (Å²) in [6.45, 7) is 4.57. The molecule has 1 fully saturated rings. The molecule has 1 saturated heterocycles. The molecule has 1 unspecified atom stereocenters. The van der Waals surface area contributed by atoms with E-state index in [4.69, 9.17) is 0 Å². The second kappa shape index (κ2) is 4.65. The highest BCUT2D eigenvalue weighted by Gasteiger charge is 2.30. The first-order valence-corrected chi connectivity index (χ1v) is 5.62. The summed E-state index contributed by atoms with van der Waals surface area (Å²) >= 11 is 0. The summed E-state index contributed by atoms with van der Waals surface area (Å²) in [6, 6.07) is 0. The van der Waals surface area contributed by atoms with Gasteiger partial charge in [0.15, 0.2) is 0 Å².